The number of rotatable bonds is 7. The van der Waals surface area contributed by atoms with Gasteiger partial charge in [-0.25, -0.2) is 14.2 Å². The van der Waals surface area contributed by atoms with Crippen LogP contribution >= 0.6 is 11.6 Å². The zero-order chi connectivity index (χ0) is 24.9. The van der Waals surface area contributed by atoms with Gasteiger partial charge in [0.05, 0.1) is 12.3 Å². The molecule has 4 rings (SSSR count). The molecule has 0 aliphatic heterocycles. The maximum atomic E-state index is 13.5. The van der Waals surface area contributed by atoms with E-state index in [0.29, 0.717) is 21.7 Å². The van der Waals surface area contributed by atoms with Gasteiger partial charge in [-0.1, -0.05) is 23.7 Å². The molecule has 2 aromatic heterocycles. The van der Waals surface area contributed by atoms with E-state index in [0.717, 1.165) is 5.56 Å². The third-order valence-electron chi connectivity index (χ3n) is 5.32. The molecule has 0 aliphatic carbocycles. The number of carbonyl (C=O) groups is 2. The van der Waals surface area contributed by atoms with Crippen LogP contribution in [0.3, 0.4) is 0 Å². The SMILES string of the molecule is CCOC(=O)C(Cc1ccc(Cl)cc1)NC(=O)c1cc2cccnc2n(-c2ccc(F)cc2)c1=O. The van der Waals surface area contributed by atoms with E-state index in [2.05, 4.69) is 10.3 Å². The number of ether oxygens (including phenoxy) is 1. The van der Waals surface area contributed by atoms with Crippen LogP contribution in [-0.4, -0.2) is 34.1 Å². The lowest BCUT2D eigenvalue weighted by Crippen LogP contribution is -2.45. The van der Waals surface area contributed by atoms with Crippen molar-refractivity contribution in [1.29, 1.82) is 0 Å². The van der Waals surface area contributed by atoms with Gasteiger partial charge in [-0.05, 0) is 67.1 Å². The van der Waals surface area contributed by atoms with Crippen molar-refractivity contribution in [3.8, 4) is 5.69 Å². The summed E-state index contributed by atoms with van der Waals surface area (Å²) in [4.78, 5) is 43.6. The molecule has 1 atom stereocenters. The summed E-state index contributed by atoms with van der Waals surface area (Å²) in [5, 5.41) is 3.69. The van der Waals surface area contributed by atoms with Gasteiger partial charge in [0, 0.05) is 23.0 Å². The van der Waals surface area contributed by atoms with E-state index < -0.39 is 29.3 Å². The van der Waals surface area contributed by atoms with Gasteiger partial charge >= 0.3 is 5.97 Å². The summed E-state index contributed by atoms with van der Waals surface area (Å²) in [5.41, 5.74) is 0.551. The van der Waals surface area contributed by atoms with Crippen molar-refractivity contribution in [2.45, 2.75) is 19.4 Å². The molecule has 0 bridgehead atoms. The van der Waals surface area contributed by atoms with E-state index in [9.17, 15) is 18.8 Å². The third kappa shape index (κ3) is 5.38. The largest absolute Gasteiger partial charge is 0.464 e. The quantitative estimate of drug-likeness (QED) is 0.392. The molecular formula is C26H21ClFN3O4. The Labute approximate surface area is 205 Å². The average Bonchev–Trinajstić information content (AvgIpc) is 2.85. The molecule has 4 aromatic rings. The molecule has 7 nitrogen and oxygen atoms in total. The minimum absolute atomic E-state index is 0.130. The average molecular weight is 494 g/mol. The molecule has 0 saturated carbocycles. The van der Waals surface area contributed by atoms with Gasteiger partial charge in [-0.2, -0.15) is 0 Å². The summed E-state index contributed by atoms with van der Waals surface area (Å²) < 4.78 is 19.9. The van der Waals surface area contributed by atoms with Crippen molar-refractivity contribution in [1.82, 2.24) is 14.9 Å². The van der Waals surface area contributed by atoms with Crippen molar-refractivity contribution in [2.75, 3.05) is 6.61 Å². The molecule has 2 aromatic carbocycles. The molecule has 1 amide bonds. The maximum absolute atomic E-state index is 13.5. The first-order valence-corrected chi connectivity index (χ1v) is 11.2. The molecule has 1 N–H and O–H groups in total. The van der Waals surface area contributed by atoms with Gasteiger partial charge in [-0.3, -0.25) is 14.2 Å². The summed E-state index contributed by atoms with van der Waals surface area (Å²) in [6.45, 7) is 1.79. The molecule has 0 aliphatic rings. The number of hydrogen-bond acceptors (Lipinski definition) is 5. The van der Waals surface area contributed by atoms with Gasteiger partial charge < -0.3 is 10.1 Å². The number of carbonyl (C=O) groups excluding carboxylic acids is 2. The van der Waals surface area contributed by atoms with Crippen LogP contribution in [0, 0.1) is 5.82 Å². The first-order valence-electron chi connectivity index (χ1n) is 10.9. The summed E-state index contributed by atoms with van der Waals surface area (Å²) in [6, 6.07) is 15.9. The fourth-order valence-corrected chi connectivity index (χ4v) is 3.79. The summed E-state index contributed by atoms with van der Waals surface area (Å²) in [7, 11) is 0. The molecule has 0 fully saturated rings. The highest BCUT2D eigenvalue weighted by molar-refractivity contribution is 6.30. The minimum Gasteiger partial charge on any atom is -0.464 e. The molecule has 0 radical (unpaired) electrons. The van der Waals surface area contributed by atoms with Crippen LogP contribution in [0.4, 0.5) is 4.39 Å². The molecule has 9 heteroatoms. The maximum Gasteiger partial charge on any atom is 0.328 e. The molecule has 2 heterocycles. The van der Waals surface area contributed by atoms with Gasteiger partial charge in [0.1, 0.15) is 23.1 Å². The number of benzene rings is 2. The first-order chi connectivity index (χ1) is 16.9. The number of fused-ring (bicyclic) bond motifs is 1. The van der Waals surface area contributed by atoms with Crippen LogP contribution < -0.4 is 10.9 Å². The van der Waals surface area contributed by atoms with E-state index in [1.165, 1.54) is 41.1 Å². The highest BCUT2D eigenvalue weighted by Gasteiger charge is 2.26. The number of nitrogens with one attached hydrogen (secondary N) is 1. The molecule has 0 spiro atoms. The second-order valence-corrected chi connectivity index (χ2v) is 8.14. The number of amides is 1. The predicted molar refractivity (Wildman–Crippen MR) is 130 cm³/mol. The topological polar surface area (TPSA) is 90.3 Å². The lowest BCUT2D eigenvalue weighted by molar-refractivity contribution is -0.145. The van der Waals surface area contributed by atoms with Crippen LogP contribution in [-0.2, 0) is 16.0 Å². The summed E-state index contributed by atoms with van der Waals surface area (Å²) in [6.07, 6.45) is 1.66. The molecule has 178 valence electrons. The Hall–Kier alpha value is -4.04. The predicted octanol–water partition coefficient (Wildman–Crippen LogP) is 4.08. The molecule has 35 heavy (non-hydrogen) atoms. The second kappa shape index (κ2) is 10.5. The summed E-state index contributed by atoms with van der Waals surface area (Å²) in [5.74, 6) is -1.84. The van der Waals surface area contributed by atoms with Crippen LogP contribution in [0.2, 0.25) is 5.02 Å². The summed E-state index contributed by atoms with van der Waals surface area (Å²) >= 11 is 5.94. The van der Waals surface area contributed by atoms with Gasteiger partial charge in [0.15, 0.2) is 0 Å². The van der Waals surface area contributed by atoms with Gasteiger partial charge in [0.2, 0.25) is 0 Å². The number of nitrogens with zero attached hydrogens (tertiary/aromatic N) is 2. The zero-order valence-corrected chi connectivity index (χ0v) is 19.5. The Morgan fingerprint density at radius 1 is 1.11 bits per heavy atom. The van der Waals surface area contributed by atoms with Crippen molar-refractivity contribution in [2.24, 2.45) is 0 Å². The van der Waals surface area contributed by atoms with Crippen LogP contribution in [0.25, 0.3) is 16.7 Å². The van der Waals surface area contributed by atoms with Crippen molar-refractivity contribution >= 4 is 34.5 Å². The molecule has 1 unspecified atom stereocenters. The van der Waals surface area contributed by atoms with Crippen LogP contribution in [0.5, 0.6) is 0 Å². The Balaban J connectivity index is 1.74. The van der Waals surface area contributed by atoms with Gasteiger partial charge in [0.25, 0.3) is 11.5 Å². The van der Waals surface area contributed by atoms with E-state index in [1.807, 2.05) is 0 Å². The Morgan fingerprint density at radius 3 is 2.51 bits per heavy atom. The van der Waals surface area contributed by atoms with Crippen LogP contribution in [0.15, 0.2) is 77.7 Å². The lowest BCUT2D eigenvalue weighted by Gasteiger charge is -2.18. The van der Waals surface area contributed by atoms with Crippen LogP contribution in [0.1, 0.15) is 22.8 Å². The number of pyridine rings is 2. The number of halogens is 2. The smallest absolute Gasteiger partial charge is 0.328 e. The van der Waals surface area contributed by atoms with Crippen molar-refractivity contribution in [3.63, 3.8) is 0 Å². The monoisotopic (exact) mass is 493 g/mol. The zero-order valence-electron chi connectivity index (χ0n) is 18.7. The van der Waals surface area contributed by atoms with Crippen molar-refractivity contribution in [3.05, 3.63) is 105 Å². The fourth-order valence-electron chi connectivity index (χ4n) is 3.66. The highest BCUT2D eigenvalue weighted by Crippen LogP contribution is 2.17. The highest BCUT2D eigenvalue weighted by atomic mass is 35.5. The van der Waals surface area contributed by atoms with Gasteiger partial charge in [-0.15, -0.1) is 0 Å². The minimum atomic E-state index is -1.04. The van der Waals surface area contributed by atoms with E-state index in [-0.39, 0.29) is 18.6 Å². The standard InChI is InChI=1S/C26H21ClFN3O4/c1-2-35-26(34)22(14-16-5-7-18(27)8-6-16)30-24(32)21-15-17-4-3-13-29-23(17)31(25(21)33)20-11-9-19(28)10-12-20/h3-13,15,22H,2,14H2,1H3,(H,30,32). The third-order valence-corrected chi connectivity index (χ3v) is 5.57. The van der Waals surface area contributed by atoms with E-state index in [1.54, 1.807) is 43.3 Å². The number of esters is 1. The second-order valence-electron chi connectivity index (χ2n) is 7.70. The molecule has 0 saturated heterocycles. The lowest BCUT2D eigenvalue weighted by atomic mass is 10.1. The molecular weight excluding hydrogens is 473 g/mol. The normalized spacial score (nSPS) is 11.7. The Morgan fingerprint density at radius 2 is 1.83 bits per heavy atom. The first kappa shape index (κ1) is 24.1. The van der Waals surface area contributed by atoms with Crippen molar-refractivity contribution < 1.29 is 18.7 Å². The number of hydrogen-bond donors (Lipinski definition) is 1. The number of aromatic nitrogens is 2. The Bertz CT molecular complexity index is 1440. The van der Waals surface area contributed by atoms with E-state index in [4.69, 9.17) is 16.3 Å². The Kier molecular flexibility index (Phi) is 7.22. The van der Waals surface area contributed by atoms with E-state index >= 15 is 0 Å². The fraction of sp³-hybridized carbons (Fsp3) is 0.154.